The average Bonchev–Trinajstić information content (AvgIpc) is 2.83. The van der Waals surface area contributed by atoms with E-state index in [2.05, 4.69) is 25.9 Å². The number of benzene rings is 1. The van der Waals surface area contributed by atoms with E-state index in [0.29, 0.717) is 22.1 Å². The van der Waals surface area contributed by atoms with Crippen LogP contribution in [0.2, 0.25) is 5.02 Å². The monoisotopic (exact) mass is 351 g/mol. The van der Waals surface area contributed by atoms with Crippen molar-refractivity contribution in [2.75, 3.05) is 0 Å². The molecule has 0 amide bonds. The third-order valence-electron chi connectivity index (χ3n) is 3.19. The van der Waals surface area contributed by atoms with Gasteiger partial charge in [0.1, 0.15) is 5.75 Å². The zero-order chi connectivity index (χ0) is 14.4. The van der Waals surface area contributed by atoms with Crippen LogP contribution in [0.4, 0.5) is 0 Å². The Morgan fingerprint density at radius 1 is 1.25 bits per heavy atom. The minimum atomic E-state index is 0.145. The first-order valence-electron chi connectivity index (χ1n) is 5.98. The van der Waals surface area contributed by atoms with Crippen molar-refractivity contribution in [2.45, 2.75) is 13.8 Å². The highest BCUT2D eigenvalue weighted by atomic mass is 79.9. The topological polar surface area (TPSA) is 50.4 Å². The fourth-order valence-electron chi connectivity index (χ4n) is 2.11. The van der Waals surface area contributed by atoms with Crippen molar-refractivity contribution in [3.05, 3.63) is 45.3 Å². The highest BCUT2D eigenvalue weighted by Gasteiger charge is 2.13. The molecule has 0 radical (unpaired) electrons. The van der Waals surface area contributed by atoms with E-state index in [1.165, 1.54) is 0 Å². The first-order chi connectivity index (χ1) is 9.47. The van der Waals surface area contributed by atoms with Crippen LogP contribution < -0.4 is 0 Å². The van der Waals surface area contributed by atoms with Gasteiger partial charge in [-0.1, -0.05) is 11.6 Å². The number of aromatic nitrogens is 3. The van der Waals surface area contributed by atoms with Gasteiger partial charge in [0.05, 0.1) is 15.9 Å². The van der Waals surface area contributed by atoms with Gasteiger partial charge in [-0.05, 0) is 48.0 Å². The SMILES string of the molecule is Cc1nc2nc(-c3cc(Cl)ccc3O)cn2c(C)c1Br. The lowest BCUT2D eigenvalue weighted by atomic mass is 10.1. The molecule has 1 aromatic carbocycles. The number of phenols is 1. The molecule has 0 aliphatic heterocycles. The van der Waals surface area contributed by atoms with E-state index in [1.807, 2.05) is 24.4 Å². The molecule has 3 rings (SSSR count). The van der Waals surface area contributed by atoms with Crippen molar-refractivity contribution in [3.8, 4) is 17.0 Å². The lowest BCUT2D eigenvalue weighted by Gasteiger charge is -2.04. The van der Waals surface area contributed by atoms with Gasteiger partial charge in [0.25, 0.3) is 0 Å². The van der Waals surface area contributed by atoms with Gasteiger partial charge in [-0.15, -0.1) is 0 Å². The van der Waals surface area contributed by atoms with Crippen LogP contribution in [-0.2, 0) is 0 Å². The lowest BCUT2D eigenvalue weighted by molar-refractivity contribution is 0.477. The molecule has 102 valence electrons. The summed E-state index contributed by atoms with van der Waals surface area (Å²) in [6, 6.07) is 4.89. The molecular weight excluding hydrogens is 342 g/mol. The van der Waals surface area contributed by atoms with Crippen LogP contribution in [0.15, 0.2) is 28.9 Å². The van der Waals surface area contributed by atoms with Crippen molar-refractivity contribution < 1.29 is 5.11 Å². The fourth-order valence-corrected chi connectivity index (χ4v) is 2.56. The van der Waals surface area contributed by atoms with Crippen LogP contribution >= 0.6 is 27.5 Å². The maximum Gasteiger partial charge on any atom is 0.234 e. The van der Waals surface area contributed by atoms with Gasteiger partial charge in [0.15, 0.2) is 0 Å². The van der Waals surface area contributed by atoms with Gasteiger partial charge >= 0.3 is 0 Å². The van der Waals surface area contributed by atoms with Crippen molar-refractivity contribution in [1.29, 1.82) is 0 Å². The number of aryl methyl sites for hydroxylation is 2. The fraction of sp³-hybridized carbons (Fsp3) is 0.143. The molecule has 0 saturated carbocycles. The van der Waals surface area contributed by atoms with E-state index in [4.69, 9.17) is 11.6 Å². The van der Waals surface area contributed by atoms with E-state index in [0.717, 1.165) is 15.9 Å². The summed E-state index contributed by atoms with van der Waals surface area (Å²) in [4.78, 5) is 8.88. The van der Waals surface area contributed by atoms with E-state index in [1.54, 1.807) is 18.2 Å². The highest BCUT2D eigenvalue weighted by molar-refractivity contribution is 9.10. The number of hydrogen-bond donors (Lipinski definition) is 1. The van der Waals surface area contributed by atoms with Gasteiger partial charge < -0.3 is 5.11 Å². The Labute approximate surface area is 129 Å². The second-order valence-electron chi connectivity index (χ2n) is 4.55. The molecule has 4 nitrogen and oxygen atoms in total. The van der Waals surface area contributed by atoms with Gasteiger partial charge in [-0.2, -0.15) is 0 Å². The lowest BCUT2D eigenvalue weighted by Crippen LogP contribution is -1.97. The highest BCUT2D eigenvalue weighted by Crippen LogP contribution is 2.32. The Bertz CT molecular complexity index is 829. The number of nitrogens with zero attached hydrogens (tertiary/aromatic N) is 3. The number of hydrogen-bond acceptors (Lipinski definition) is 3. The number of fused-ring (bicyclic) bond motifs is 1. The van der Waals surface area contributed by atoms with Crippen LogP contribution in [0.1, 0.15) is 11.4 Å². The van der Waals surface area contributed by atoms with Crippen LogP contribution in [0, 0.1) is 13.8 Å². The summed E-state index contributed by atoms with van der Waals surface area (Å²) < 4.78 is 2.83. The molecule has 0 aliphatic carbocycles. The molecule has 0 saturated heterocycles. The Hall–Kier alpha value is -1.59. The molecule has 0 bridgehead atoms. The molecule has 2 aromatic heterocycles. The second kappa shape index (κ2) is 4.75. The van der Waals surface area contributed by atoms with Crippen molar-refractivity contribution in [3.63, 3.8) is 0 Å². The zero-order valence-corrected chi connectivity index (χ0v) is 13.2. The third-order valence-corrected chi connectivity index (χ3v) is 4.57. The molecule has 0 spiro atoms. The third kappa shape index (κ3) is 2.07. The Balaban J connectivity index is 2.28. The molecule has 6 heteroatoms. The molecule has 1 N–H and O–H groups in total. The maximum absolute atomic E-state index is 9.95. The molecule has 20 heavy (non-hydrogen) atoms. The number of imidazole rings is 1. The molecule has 0 atom stereocenters. The Morgan fingerprint density at radius 3 is 2.75 bits per heavy atom. The summed E-state index contributed by atoms with van der Waals surface area (Å²) in [5, 5.41) is 10.5. The summed E-state index contributed by atoms with van der Waals surface area (Å²) >= 11 is 9.49. The van der Waals surface area contributed by atoms with Crippen molar-refractivity contribution in [1.82, 2.24) is 14.4 Å². The minimum Gasteiger partial charge on any atom is -0.507 e. The number of aromatic hydroxyl groups is 1. The number of rotatable bonds is 1. The average molecular weight is 353 g/mol. The van der Waals surface area contributed by atoms with Crippen LogP contribution in [0.25, 0.3) is 17.0 Å². The van der Waals surface area contributed by atoms with Gasteiger partial charge in [-0.3, -0.25) is 4.40 Å². The Morgan fingerprint density at radius 2 is 2.00 bits per heavy atom. The summed E-state index contributed by atoms with van der Waals surface area (Å²) in [6.07, 6.45) is 1.84. The summed E-state index contributed by atoms with van der Waals surface area (Å²) in [5.74, 6) is 0.740. The minimum absolute atomic E-state index is 0.145. The number of halogens is 2. The van der Waals surface area contributed by atoms with Crippen molar-refractivity contribution in [2.24, 2.45) is 0 Å². The zero-order valence-electron chi connectivity index (χ0n) is 10.9. The normalized spacial score (nSPS) is 11.2. The van der Waals surface area contributed by atoms with E-state index < -0.39 is 0 Å². The van der Waals surface area contributed by atoms with Crippen LogP contribution in [-0.4, -0.2) is 19.5 Å². The van der Waals surface area contributed by atoms with E-state index in [-0.39, 0.29) is 5.75 Å². The van der Waals surface area contributed by atoms with Crippen LogP contribution in [0.5, 0.6) is 5.75 Å². The van der Waals surface area contributed by atoms with Crippen molar-refractivity contribution >= 4 is 33.3 Å². The predicted molar refractivity (Wildman–Crippen MR) is 82.3 cm³/mol. The molecule has 0 fully saturated rings. The first-order valence-corrected chi connectivity index (χ1v) is 7.15. The molecular formula is C14H11BrClN3O. The number of phenolic OH excluding ortho intramolecular Hbond substituents is 1. The van der Waals surface area contributed by atoms with Gasteiger partial charge in [0.2, 0.25) is 5.78 Å². The standard InChI is InChI=1S/C14H11BrClN3O/c1-7-13(15)8(2)19-6-11(18-14(19)17-7)10-5-9(16)3-4-12(10)20/h3-6,20H,1-2H3. The predicted octanol–water partition coefficient (Wildman–Crippen LogP) is 4.13. The largest absolute Gasteiger partial charge is 0.507 e. The molecule has 2 heterocycles. The van der Waals surface area contributed by atoms with Gasteiger partial charge in [0, 0.05) is 22.5 Å². The summed E-state index contributed by atoms with van der Waals surface area (Å²) in [7, 11) is 0. The first kappa shape index (κ1) is 13.4. The van der Waals surface area contributed by atoms with E-state index in [9.17, 15) is 5.11 Å². The van der Waals surface area contributed by atoms with Crippen LogP contribution in [0.3, 0.4) is 0 Å². The molecule has 3 aromatic rings. The van der Waals surface area contributed by atoms with E-state index >= 15 is 0 Å². The van der Waals surface area contributed by atoms with Gasteiger partial charge in [-0.25, -0.2) is 9.97 Å². The quantitative estimate of drug-likeness (QED) is 0.716. The summed E-state index contributed by atoms with van der Waals surface area (Å²) in [6.45, 7) is 3.90. The Kier molecular flexibility index (Phi) is 3.18. The summed E-state index contributed by atoms with van der Waals surface area (Å²) in [5.41, 5.74) is 3.12. The second-order valence-corrected chi connectivity index (χ2v) is 5.78. The maximum atomic E-state index is 9.95. The smallest absolute Gasteiger partial charge is 0.234 e. The molecule has 0 unspecified atom stereocenters. The molecule has 0 aliphatic rings.